The van der Waals surface area contributed by atoms with Crippen molar-refractivity contribution in [2.75, 3.05) is 0 Å². The molecule has 3 rings (SSSR count). The Kier molecular flexibility index (Phi) is 4.16. The Morgan fingerprint density at radius 1 is 0.955 bits per heavy atom. The molecule has 0 heterocycles. The van der Waals surface area contributed by atoms with Crippen LogP contribution in [0.25, 0.3) is 5.57 Å². The van der Waals surface area contributed by atoms with Gasteiger partial charge in [0.05, 0.1) is 10.1 Å². The Morgan fingerprint density at radius 3 is 2.32 bits per heavy atom. The second kappa shape index (κ2) is 6.09. The van der Waals surface area contributed by atoms with Gasteiger partial charge in [0.15, 0.2) is 9.84 Å². The predicted octanol–water partition coefficient (Wildman–Crippen LogP) is 4.40. The van der Waals surface area contributed by atoms with Crippen molar-refractivity contribution in [3.05, 3.63) is 71.8 Å². The summed E-state index contributed by atoms with van der Waals surface area (Å²) in [5.74, 6) is 0. The van der Waals surface area contributed by atoms with Crippen molar-refractivity contribution >= 4 is 15.4 Å². The smallest absolute Gasteiger partial charge is 0.185 e. The molecule has 0 N–H and O–H groups in total. The fraction of sp³-hybridized carbons (Fsp3) is 0.263. The van der Waals surface area contributed by atoms with Crippen LogP contribution in [-0.4, -0.2) is 13.7 Å². The van der Waals surface area contributed by atoms with Crippen molar-refractivity contribution in [2.24, 2.45) is 0 Å². The second-order valence-corrected chi connectivity index (χ2v) is 7.93. The van der Waals surface area contributed by atoms with Crippen molar-refractivity contribution < 1.29 is 8.42 Å². The lowest BCUT2D eigenvalue weighted by Gasteiger charge is -2.25. The number of rotatable bonds is 3. The minimum Gasteiger partial charge on any atom is -0.223 e. The first kappa shape index (κ1) is 15.0. The lowest BCUT2D eigenvalue weighted by Crippen LogP contribution is -2.25. The van der Waals surface area contributed by atoms with Gasteiger partial charge in [-0.05, 0) is 49.5 Å². The van der Waals surface area contributed by atoms with E-state index in [2.05, 4.69) is 6.08 Å². The molecule has 22 heavy (non-hydrogen) atoms. The molecular weight excluding hydrogens is 292 g/mol. The molecule has 2 nitrogen and oxygen atoms in total. The summed E-state index contributed by atoms with van der Waals surface area (Å²) in [6, 6.07) is 17.0. The van der Waals surface area contributed by atoms with Crippen LogP contribution in [-0.2, 0) is 9.84 Å². The summed E-state index contributed by atoms with van der Waals surface area (Å²) in [6.45, 7) is 1.96. The van der Waals surface area contributed by atoms with Gasteiger partial charge < -0.3 is 0 Å². The van der Waals surface area contributed by atoms with Crippen LogP contribution in [0.4, 0.5) is 0 Å². The molecule has 0 bridgehead atoms. The SMILES string of the molecule is Cc1ccc(S(=O)(=O)C2CCCC=C2c2ccccc2)cc1. The Balaban J connectivity index is 2.03. The van der Waals surface area contributed by atoms with Crippen LogP contribution in [0.3, 0.4) is 0 Å². The van der Waals surface area contributed by atoms with Crippen LogP contribution < -0.4 is 0 Å². The zero-order valence-electron chi connectivity index (χ0n) is 12.7. The number of sulfone groups is 1. The van der Waals surface area contributed by atoms with Gasteiger partial charge in [0.25, 0.3) is 0 Å². The van der Waals surface area contributed by atoms with E-state index in [1.165, 1.54) is 0 Å². The summed E-state index contributed by atoms with van der Waals surface area (Å²) in [5, 5.41) is -0.439. The molecule has 0 saturated carbocycles. The van der Waals surface area contributed by atoms with Gasteiger partial charge in [-0.3, -0.25) is 0 Å². The summed E-state index contributed by atoms with van der Waals surface area (Å²) in [6.07, 6.45) is 4.66. The van der Waals surface area contributed by atoms with Crippen molar-refractivity contribution in [1.82, 2.24) is 0 Å². The topological polar surface area (TPSA) is 34.1 Å². The number of benzene rings is 2. The number of allylic oxidation sites excluding steroid dienone is 1. The highest BCUT2D eigenvalue weighted by atomic mass is 32.2. The van der Waals surface area contributed by atoms with E-state index >= 15 is 0 Å². The summed E-state index contributed by atoms with van der Waals surface area (Å²) >= 11 is 0. The highest BCUT2D eigenvalue weighted by molar-refractivity contribution is 7.92. The van der Waals surface area contributed by atoms with Gasteiger partial charge in [0.1, 0.15) is 0 Å². The summed E-state index contributed by atoms with van der Waals surface area (Å²) in [5.41, 5.74) is 3.04. The number of hydrogen-bond donors (Lipinski definition) is 0. The van der Waals surface area contributed by atoms with Gasteiger partial charge in [-0.25, -0.2) is 8.42 Å². The van der Waals surface area contributed by atoms with Crippen LogP contribution in [0.5, 0.6) is 0 Å². The van der Waals surface area contributed by atoms with Gasteiger partial charge in [-0.15, -0.1) is 0 Å². The third kappa shape index (κ3) is 2.86. The van der Waals surface area contributed by atoms with Crippen LogP contribution >= 0.6 is 0 Å². The molecular formula is C19H20O2S. The normalized spacial score (nSPS) is 18.8. The Morgan fingerprint density at radius 2 is 1.64 bits per heavy atom. The zero-order chi connectivity index (χ0) is 15.6. The molecule has 0 fully saturated rings. The molecule has 0 spiro atoms. The van der Waals surface area contributed by atoms with Crippen LogP contribution in [0.2, 0.25) is 0 Å². The number of aryl methyl sites for hydroxylation is 1. The first-order valence-electron chi connectivity index (χ1n) is 7.65. The first-order chi connectivity index (χ1) is 10.6. The Hall–Kier alpha value is -1.87. The maximum atomic E-state index is 13.0. The molecule has 114 valence electrons. The van der Waals surface area contributed by atoms with Gasteiger partial charge in [0, 0.05) is 0 Å². The van der Waals surface area contributed by atoms with Gasteiger partial charge in [-0.2, -0.15) is 0 Å². The third-order valence-corrected chi connectivity index (χ3v) is 6.38. The van der Waals surface area contributed by atoms with Crippen molar-refractivity contribution in [3.8, 4) is 0 Å². The highest BCUT2D eigenvalue weighted by Crippen LogP contribution is 2.35. The van der Waals surface area contributed by atoms with Crippen LogP contribution in [0.15, 0.2) is 65.6 Å². The molecule has 1 atom stereocenters. The predicted molar refractivity (Wildman–Crippen MR) is 90.4 cm³/mol. The van der Waals surface area contributed by atoms with Crippen molar-refractivity contribution in [3.63, 3.8) is 0 Å². The van der Waals surface area contributed by atoms with E-state index in [1.807, 2.05) is 49.4 Å². The van der Waals surface area contributed by atoms with E-state index < -0.39 is 15.1 Å². The molecule has 2 aromatic rings. The minimum atomic E-state index is -3.34. The van der Waals surface area contributed by atoms with E-state index in [9.17, 15) is 8.42 Å². The zero-order valence-corrected chi connectivity index (χ0v) is 13.5. The van der Waals surface area contributed by atoms with Crippen LogP contribution in [0.1, 0.15) is 30.4 Å². The van der Waals surface area contributed by atoms with E-state index in [4.69, 9.17) is 0 Å². The number of hydrogen-bond acceptors (Lipinski definition) is 2. The van der Waals surface area contributed by atoms with Crippen LogP contribution in [0, 0.1) is 6.92 Å². The largest absolute Gasteiger partial charge is 0.223 e. The maximum Gasteiger partial charge on any atom is 0.185 e. The Labute approximate surface area is 132 Å². The highest BCUT2D eigenvalue weighted by Gasteiger charge is 2.32. The molecule has 1 unspecified atom stereocenters. The summed E-state index contributed by atoms with van der Waals surface area (Å²) < 4.78 is 26.1. The van der Waals surface area contributed by atoms with E-state index in [-0.39, 0.29) is 0 Å². The maximum absolute atomic E-state index is 13.0. The fourth-order valence-electron chi connectivity index (χ4n) is 3.00. The molecule has 0 amide bonds. The molecule has 1 aliphatic carbocycles. The molecule has 0 radical (unpaired) electrons. The van der Waals surface area contributed by atoms with Gasteiger partial charge in [-0.1, -0.05) is 54.1 Å². The lowest BCUT2D eigenvalue weighted by atomic mass is 9.93. The molecule has 2 aromatic carbocycles. The van der Waals surface area contributed by atoms with Crippen molar-refractivity contribution in [2.45, 2.75) is 36.3 Å². The third-order valence-electron chi connectivity index (χ3n) is 4.21. The monoisotopic (exact) mass is 312 g/mol. The molecule has 0 aromatic heterocycles. The second-order valence-electron chi connectivity index (χ2n) is 5.80. The molecule has 0 aliphatic heterocycles. The summed E-state index contributed by atoms with van der Waals surface area (Å²) in [4.78, 5) is 0.423. The van der Waals surface area contributed by atoms with Crippen molar-refractivity contribution in [1.29, 1.82) is 0 Å². The average molecular weight is 312 g/mol. The standard InChI is InChI=1S/C19H20O2S/c1-15-11-13-17(14-12-15)22(20,21)19-10-6-5-9-18(19)16-7-3-2-4-8-16/h2-4,7-9,11-14,19H,5-6,10H2,1H3. The lowest BCUT2D eigenvalue weighted by molar-refractivity contribution is 0.580. The first-order valence-corrected chi connectivity index (χ1v) is 9.20. The average Bonchev–Trinajstić information content (AvgIpc) is 2.56. The van der Waals surface area contributed by atoms with E-state index in [1.54, 1.807) is 12.1 Å². The molecule has 0 saturated heterocycles. The van der Waals surface area contributed by atoms with E-state index in [0.29, 0.717) is 11.3 Å². The Bertz CT molecular complexity index is 772. The van der Waals surface area contributed by atoms with Gasteiger partial charge in [0.2, 0.25) is 0 Å². The molecule has 1 aliphatic rings. The molecule has 3 heteroatoms. The minimum absolute atomic E-state index is 0.423. The van der Waals surface area contributed by atoms with Gasteiger partial charge >= 0.3 is 0 Å². The van der Waals surface area contributed by atoms with E-state index in [0.717, 1.165) is 29.5 Å². The fourth-order valence-corrected chi connectivity index (χ4v) is 4.88. The summed E-state index contributed by atoms with van der Waals surface area (Å²) in [7, 11) is -3.34. The quantitative estimate of drug-likeness (QED) is 0.841.